The number of aromatic nitrogens is 2. The second-order valence-electron chi connectivity index (χ2n) is 7.72. The SMILES string of the molecule is CC(C)(C(=O)c1ccccc1)c1ccc(F)c(-n2c(=O)[nH]c3csc(C(=O)O)c3c2=O)c1. The zero-order valence-electron chi connectivity index (χ0n) is 17.0. The summed E-state index contributed by atoms with van der Waals surface area (Å²) in [7, 11) is 0. The highest BCUT2D eigenvalue weighted by atomic mass is 32.1. The summed E-state index contributed by atoms with van der Waals surface area (Å²) in [6.07, 6.45) is 0. The van der Waals surface area contributed by atoms with Crippen molar-refractivity contribution in [1.29, 1.82) is 0 Å². The number of rotatable bonds is 5. The van der Waals surface area contributed by atoms with Crippen molar-refractivity contribution in [2.24, 2.45) is 0 Å². The summed E-state index contributed by atoms with van der Waals surface area (Å²) < 4.78 is 15.4. The quantitative estimate of drug-likeness (QED) is 0.449. The highest BCUT2D eigenvalue weighted by molar-refractivity contribution is 7.13. The lowest BCUT2D eigenvalue weighted by molar-refractivity contribution is 0.0703. The van der Waals surface area contributed by atoms with Crippen molar-refractivity contribution in [3.8, 4) is 5.69 Å². The highest BCUT2D eigenvalue weighted by Gasteiger charge is 2.32. The number of H-pyrrole nitrogens is 1. The lowest BCUT2D eigenvalue weighted by atomic mass is 9.78. The summed E-state index contributed by atoms with van der Waals surface area (Å²) in [5.74, 6) is -2.42. The van der Waals surface area contributed by atoms with Gasteiger partial charge in [0.25, 0.3) is 5.56 Å². The molecule has 0 spiro atoms. The molecule has 2 aromatic carbocycles. The van der Waals surface area contributed by atoms with Gasteiger partial charge in [-0.3, -0.25) is 9.59 Å². The summed E-state index contributed by atoms with van der Waals surface area (Å²) >= 11 is 0.789. The van der Waals surface area contributed by atoms with Crippen LogP contribution in [0.4, 0.5) is 4.39 Å². The number of carboxylic acid groups (broad SMARTS) is 1. The fourth-order valence-corrected chi connectivity index (χ4v) is 4.40. The first kappa shape index (κ1) is 21.4. The van der Waals surface area contributed by atoms with Gasteiger partial charge in [0.05, 0.1) is 22.0 Å². The van der Waals surface area contributed by atoms with Gasteiger partial charge in [-0.25, -0.2) is 18.5 Å². The monoisotopic (exact) mass is 452 g/mol. The summed E-state index contributed by atoms with van der Waals surface area (Å²) in [5.41, 5.74) is -2.42. The molecule has 7 nitrogen and oxygen atoms in total. The van der Waals surface area contributed by atoms with Crippen LogP contribution in [0.1, 0.15) is 39.4 Å². The molecule has 32 heavy (non-hydrogen) atoms. The third-order valence-corrected chi connectivity index (χ3v) is 6.33. The first-order chi connectivity index (χ1) is 15.1. The van der Waals surface area contributed by atoms with Crippen LogP contribution in [0.2, 0.25) is 0 Å². The topological polar surface area (TPSA) is 109 Å². The maximum Gasteiger partial charge on any atom is 0.346 e. The molecule has 0 saturated carbocycles. The second-order valence-corrected chi connectivity index (χ2v) is 8.60. The van der Waals surface area contributed by atoms with Crippen LogP contribution in [-0.4, -0.2) is 26.4 Å². The van der Waals surface area contributed by atoms with Crippen LogP contribution < -0.4 is 11.2 Å². The predicted molar refractivity (Wildman–Crippen MR) is 119 cm³/mol. The maximum atomic E-state index is 14.8. The van der Waals surface area contributed by atoms with Gasteiger partial charge in [-0.05, 0) is 31.5 Å². The highest BCUT2D eigenvalue weighted by Crippen LogP contribution is 2.30. The van der Waals surface area contributed by atoms with Crippen LogP contribution >= 0.6 is 11.3 Å². The minimum absolute atomic E-state index is 0.0646. The van der Waals surface area contributed by atoms with Gasteiger partial charge in [-0.2, -0.15) is 0 Å². The van der Waals surface area contributed by atoms with Crippen molar-refractivity contribution in [2.75, 3.05) is 0 Å². The largest absolute Gasteiger partial charge is 0.477 e. The lowest BCUT2D eigenvalue weighted by Crippen LogP contribution is -2.35. The van der Waals surface area contributed by atoms with Gasteiger partial charge in [0.15, 0.2) is 5.78 Å². The number of nitrogens with zero attached hydrogens (tertiary/aromatic N) is 1. The zero-order chi connectivity index (χ0) is 23.2. The third-order valence-electron chi connectivity index (χ3n) is 5.36. The van der Waals surface area contributed by atoms with Gasteiger partial charge >= 0.3 is 11.7 Å². The Balaban J connectivity index is 1.93. The van der Waals surface area contributed by atoms with E-state index in [9.17, 15) is 28.7 Å². The Kier molecular flexibility index (Phi) is 5.14. The normalized spacial score (nSPS) is 11.6. The Morgan fingerprint density at radius 2 is 1.78 bits per heavy atom. The molecule has 0 aliphatic heterocycles. The van der Waals surface area contributed by atoms with Gasteiger partial charge in [-0.1, -0.05) is 36.4 Å². The third kappa shape index (κ3) is 3.36. The number of carbonyl (C=O) groups excluding carboxylic acids is 1. The molecule has 0 bridgehead atoms. The molecular weight excluding hydrogens is 435 g/mol. The standard InChI is InChI=1S/C23H17FN2O5S/c1-23(2,19(27)12-6-4-3-5-7-12)13-8-9-14(24)16(10-13)26-20(28)17-15(25-22(26)31)11-32-18(17)21(29)30/h3-11H,1-2H3,(H,25,31)(H,29,30). The average molecular weight is 452 g/mol. The number of hydrogen-bond donors (Lipinski definition) is 2. The number of fused-ring (bicyclic) bond motifs is 1. The Morgan fingerprint density at radius 3 is 2.44 bits per heavy atom. The van der Waals surface area contributed by atoms with Crippen LogP contribution in [0.5, 0.6) is 0 Å². The van der Waals surface area contributed by atoms with Crippen molar-refractivity contribution < 1.29 is 19.1 Å². The van der Waals surface area contributed by atoms with Crippen LogP contribution in [-0.2, 0) is 5.41 Å². The van der Waals surface area contributed by atoms with E-state index in [1.165, 1.54) is 17.5 Å². The zero-order valence-corrected chi connectivity index (χ0v) is 17.8. The number of halogens is 1. The van der Waals surface area contributed by atoms with Gasteiger partial charge < -0.3 is 10.1 Å². The number of hydrogen-bond acceptors (Lipinski definition) is 5. The average Bonchev–Trinajstić information content (AvgIpc) is 3.19. The van der Waals surface area contributed by atoms with E-state index in [4.69, 9.17) is 0 Å². The number of aromatic amines is 1. The molecule has 0 atom stereocenters. The van der Waals surface area contributed by atoms with Gasteiger partial charge in [0.2, 0.25) is 0 Å². The van der Waals surface area contributed by atoms with Crippen molar-refractivity contribution in [2.45, 2.75) is 19.3 Å². The smallest absolute Gasteiger partial charge is 0.346 e. The van der Waals surface area contributed by atoms with E-state index in [1.807, 2.05) is 0 Å². The first-order valence-electron chi connectivity index (χ1n) is 9.53. The maximum absolute atomic E-state index is 14.8. The van der Waals surface area contributed by atoms with Gasteiger partial charge in [-0.15, -0.1) is 11.3 Å². The molecular formula is C23H17FN2O5S. The van der Waals surface area contributed by atoms with Crippen LogP contribution in [0, 0.1) is 5.82 Å². The lowest BCUT2D eigenvalue weighted by Gasteiger charge is -2.24. The van der Waals surface area contributed by atoms with E-state index in [0.29, 0.717) is 15.7 Å². The van der Waals surface area contributed by atoms with E-state index in [1.54, 1.807) is 44.2 Å². The Bertz CT molecular complexity index is 1500. The molecule has 4 aromatic rings. The van der Waals surface area contributed by atoms with E-state index >= 15 is 0 Å². The molecule has 2 N–H and O–H groups in total. The van der Waals surface area contributed by atoms with Crippen LogP contribution in [0.3, 0.4) is 0 Å². The molecule has 9 heteroatoms. The molecule has 0 fully saturated rings. The van der Waals surface area contributed by atoms with Crippen molar-refractivity contribution in [3.63, 3.8) is 0 Å². The molecule has 2 aromatic heterocycles. The first-order valence-corrected chi connectivity index (χ1v) is 10.4. The van der Waals surface area contributed by atoms with E-state index in [2.05, 4.69) is 4.98 Å². The molecule has 162 valence electrons. The number of carboxylic acids is 1. The number of ketones is 1. The molecule has 4 rings (SSSR count). The van der Waals surface area contributed by atoms with Gasteiger partial charge in [0, 0.05) is 10.9 Å². The number of benzene rings is 2. The van der Waals surface area contributed by atoms with E-state index in [0.717, 1.165) is 17.4 Å². The van der Waals surface area contributed by atoms with Crippen LogP contribution in [0.15, 0.2) is 63.5 Å². The summed E-state index contributed by atoms with van der Waals surface area (Å²) in [5, 5.41) is 10.5. The second kappa shape index (κ2) is 7.69. The summed E-state index contributed by atoms with van der Waals surface area (Å²) in [4.78, 5) is 52.4. The fraction of sp³-hybridized carbons (Fsp3) is 0.130. The fourth-order valence-electron chi connectivity index (χ4n) is 3.57. The Labute approximate surface area is 184 Å². The molecule has 0 radical (unpaired) electrons. The molecule has 0 saturated heterocycles. The van der Waals surface area contributed by atoms with Crippen molar-refractivity contribution in [1.82, 2.24) is 9.55 Å². The number of thiophene rings is 1. The Hall–Kier alpha value is -3.85. The minimum Gasteiger partial charge on any atom is -0.477 e. The number of aromatic carboxylic acids is 1. The number of nitrogens with one attached hydrogen (secondary N) is 1. The number of Topliss-reactive ketones (excluding diaryl/α,β-unsaturated/α-hetero) is 1. The number of carbonyl (C=O) groups is 2. The van der Waals surface area contributed by atoms with Crippen molar-refractivity contribution >= 4 is 34.0 Å². The molecule has 0 aliphatic rings. The molecule has 0 amide bonds. The molecule has 0 aliphatic carbocycles. The molecule has 2 heterocycles. The van der Waals surface area contributed by atoms with E-state index < -0.39 is 28.5 Å². The molecule has 0 unspecified atom stereocenters. The van der Waals surface area contributed by atoms with E-state index in [-0.39, 0.29) is 27.3 Å². The van der Waals surface area contributed by atoms with Crippen LogP contribution in [0.25, 0.3) is 16.6 Å². The predicted octanol–water partition coefficient (Wildman–Crippen LogP) is 3.74. The summed E-state index contributed by atoms with van der Waals surface area (Å²) in [6, 6.07) is 12.3. The van der Waals surface area contributed by atoms with Crippen molar-refractivity contribution in [3.05, 3.63) is 96.6 Å². The minimum atomic E-state index is -1.33. The summed E-state index contributed by atoms with van der Waals surface area (Å²) in [6.45, 7) is 3.33. The van der Waals surface area contributed by atoms with Gasteiger partial charge in [0.1, 0.15) is 10.7 Å². The Morgan fingerprint density at radius 1 is 1.09 bits per heavy atom.